The molecule has 0 saturated carbocycles. The van der Waals surface area contributed by atoms with E-state index in [2.05, 4.69) is 17.2 Å². The Hall–Kier alpha value is -0.830. The highest BCUT2D eigenvalue weighted by Crippen LogP contribution is 1.82. The minimum absolute atomic E-state index is 0.107. The fourth-order valence-electron chi connectivity index (χ4n) is 0.320. The molecule has 0 rings (SSSR count). The maximum Gasteiger partial charge on any atom is 0.247 e. The predicted molar refractivity (Wildman–Crippen MR) is 36.9 cm³/mol. The van der Waals surface area contributed by atoms with Crippen molar-refractivity contribution in [3.63, 3.8) is 0 Å². The minimum atomic E-state index is -0.107. The van der Waals surface area contributed by atoms with Gasteiger partial charge >= 0.3 is 0 Å². The Bertz CT molecular complexity index is 120. The molecule has 2 N–H and O–H groups in total. The van der Waals surface area contributed by atoms with Crippen LogP contribution in [0, 0.1) is 0 Å². The van der Waals surface area contributed by atoms with Crippen molar-refractivity contribution in [2.75, 3.05) is 13.7 Å². The number of amides is 1. The summed E-state index contributed by atoms with van der Waals surface area (Å²) < 4.78 is 0. The van der Waals surface area contributed by atoms with Gasteiger partial charge in [0.25, 0.3) is 0 Å². The van der Waals surface area contributed by atoms with Gasteiger partial charge in [-0.3, -0.25) is 4.79 Å². The van der Waals surface area contributed by atoms with Crippen LogP contribution in [0.5, 0.6) is 0 Å². The summed E-state index contributed by atoms with van der Waals surface area (Å²) in [5, 5.41) is 5.36. The van der Waals surface area contributed by atoms with Crippen molar-refractivity contribution in [1.29, 1.82) is 0 Å². The second kappa shape index (κ2) is 4.09. The van der Waals surface area contributed by atoms with Gasteiger partial charge in [0, 0.05) is 5.57 Å². The largest absolute Gasteiger partial charge is 0.340 e. The number of nitrogens with one attached hydrogen (secondary N) is 2. The lowest BCUT2D eigenvalue weighted by Gasteiger charge is -2.01. The lowest BCUT2D eigenvalue weighted by Crippen LogP contribution is -2.31. The first kappa shape index (κ1) is 8.17. The topological polar surface area (TPSA) is 41.1 Å². The molecule has 0 bridgehead atoms. The van der Waals surface area contributed by atoms with Crippen molar-refractivity contribution in [3.8, 4) is 0 Å². The summed E-state index contributed by atoms with van der Waals surface area (Å²) >= 11 is 0. The summed E-state index contributed by atoms with van der Waals surface area (Å²) in [7, 11) is 1.76. The maximum absolute atomic E-state index is 10.7. The summed E-state index contributed by atoms with van der Waals surface area (Å²) in [6.45, 7) is 5.63. The highest BCUT2D eigenvalue weighted by atomic mass is 16.1. The summed E-state index contributed by atoms with van der Waals surface area (Å²) in [4.78, 5) is 10.7. The molecule has 0 aliphatic heterocycles. The second-order valence-corrected chi connectivity index (χ2v) is 1.82. The van der Waals surface area contributed by atoms with E-state index in [4.69, 9.17) is 0 Å². The highest BCUT2D eigenvalue weighted by molar-refractivity contribution is 5.91. The van der Waals surface area contributed by atoms with Crippen molar-refractivity contribution in [1.82, 2.24) is 10.6 Å². The Kier molecular flexibility index (Phi) is 3.71. The SMILES string of the molecule is C=C(C)C(=O)NCNC. The van der Waals surface area contributed by atoms with E-state index in [0.717, 1.165) is 0 Å². The van der Waals surface area contributed by atoms with Crippen LogP contribution in [0.1, 0.15) is 6.92 Å². The number of hydrogen-bond acceptors (Lipinski definition) is 2. The van der Waals surface area contributed by atoms with Crippen LogP contribution in [-0.2, 0) is 4.79 Å². The average Bonchev–Trinajstić information content (AvgIpc) is 1.82. The molecule has 0 aromatic heterocycles. The van der Waals surface area contributed by atoms with E-state index in [9.17, 15) is 4.79 Å². The van der Waals surface area contributed by atoms with Crippen molar-refractivity contribution in [2.24, 2.45) is 0 Å². The maximum atomic E-state index is 10.7. The van der Waals surface area contributed by atoms with Gasteiger partial charge in [0.1, 0.15) is 0 Å². The lowest BCUT2D eigenvalue weighted by molar-refractivity contribution is -0.117. The molecule has 0 aromatic rings. The molecule has 0 aromatic carbocycles. The Balaban J connectivity index is 3.39. The van der Waals surface area contributed by atoms with Crippen molar-refractivity contribution in [2.45, 2.75) is 6.92 Å². The van der Waals surface area contributed by atoms with Gasteiger partial charge in [-0.15, -0.1) is 0 Å². The molecule has 0 saturated heterocycles. The van der Waals surface area contributed by atoms with E-state index < -0.39 is 0 Å². The van der Waals surface area contributed by atoms with Gasteiger partial charge in [0.05, 0.1) is 6.67 Å². The van der Waals surface area contributed by atoms with Crippen LogP contribution >= 0.6 is 0 Å². The van der Waals surface area contributed by atoms with Gasteiger partial charge in [0.15, 0.2) is 0 Å². The zero-order chi connectivity index (χ0) is 7.28. The van der Waals surface area contributed by atoms with E-state index in [1.807, 2.05) is 0 Å². The minimum Gasteiger partial charge on any atom is -0.340 e. The molecule has 3 heteroatoms. The summed E-state index contributed by atoms with van der Waals surface area (Å²) in [5.74, 6) is -0.107. The second-order valence-electron chi connectivity index (χ2n) is 1.82. The van der Waals surface area contributed by atoms with Crippen LogP contribution in [0.4, 0.5) is 0 Å². The molecular weight excluding hydrogens is 116 g/mol. The molecule has 0 fully saturated rings. The van der Waals surface area contributed by atoms with Gasteiger partial charge in [-0.1, -0.05) is 6.58 Å². The van der Waals surface area contributed by atoms with Gasteiger partial charge in [-0.2, -0.15) is 0 Å². The molecule has 3 nitrogen and oxygen atoms in total. The molecule has 0 spiro atoms. The third-order valence-electron chi connectivity index (χ3n) is 0.813. The molecular formula is C6H12N2O. The van der Waals surface area contributed by atoms with Crippen LogP contribution in [-0.4, -0.2) is 19.6 Å². The summed E-state index contributed by atoms with van der Waals surface area (Å²) in [6.07, 6.45) is 0. The van der Waals surface area contributed by atoms with Crippen molar-refractivity contribution < 1.29 is 4.79 Å². The molecule has 9 heavy (non-hydrogen) atoms. The van der Waals surface area contributed by atoms with E-state index in [1.165, 1.54) is 0 Å². The summed E-state index contributed by atoms with van der Waals surface area (Å²) in [5.41, 5.74) is 0.533. The van der Waals surface area contributed by atoms with E-state index >= 15 is 0 Å². The molecule has 0 aliphatic rings. The van der Waals surface area contributed by atoms with Crippen molar-refractivity contribution in [3.05, 3.63) is 12.2 Å². The van der Waals surface area contributed by atoms with Gasteiger partial charge < -0.3 is 10.6 Å². The van der Waals surface area contributed by atoms with Crippen LogP contribution in [0.3, 0.4) is 0 Å². The normalized spacial score (nSPS) is 8.67. The van der Waals surface area contributed by atoms with E-state index in [1.54, 1.807) is 14.0 Å². The van der Waals surface area contributed by atoms with Crippen LogP contribution in [0.2, 0.25) is 0 Å². The van der Waals surface area contributed by atoms with Gasteiger partial charge in [-0.05, 0) is 14.0 Å². The monoisotopic (exact) mass is 128 g/mol. The molecule has 0 unspecified atom stereocenters. The molecule has 0 aliphatic carbocycles. The highest BCUT2D eigenvalue weighted by Gasteiger charge is 1.96. The molecule has 0 atom stereocenters. The van der Waals surface area contributed by atoms with Crippen LogP contribution < -0.4 is 10.6 Å². The smallest absolute Gasteiger partial charge is 0.247 e. The zero-order valence-electron chi connectivity index (χ0n) is 5.82. The Morgan fingerprint density at radius 1 is 1.67 bits per heavy atom. The number of carbonyl (C=O) groups excluding carboxylic acids is 1. The number of rotatable bonds is 3. The molecule has 52 valence electrons. The first-order chi connectivity index (χ1) is 4.18. The molecule has 1 amide bonds. The predicted octanol–water partition coefficient (Wildman–Crippen LogP) is -0.144. The van der Waals surface area contributed by atoms with E-state index in [0.29, 0.717) is 12.2 Å². The Labute approximate surface area is 55.1 Å². The number of carbonyl (C=O) groups is 1. The van der Waals surface area contributed by atoms with Crippen LogP contribution in [0.15, 0.2) is 12.2 Å². The fourth-order valence-corrected chi connectivity index (χ4v) is 0.320. The fraction of sp³-hybridized carbons (Fsp3) is 0.500. The third-order valence-corrected chi connectivity index (χ3v) is 0.813. The van der Waals surface area contributed by atoms with Gasteiger partial charge in [-0.25, -0.2) is 0 Å². The lowest BCUT2D eigenvalue weighted by atomic mass is 10.3. The first-order valence-electron chi connectivity index (χ1n) is 2.76. The average molecular weight is 128 g/mol. The Morgan fingerprint density at radius 3 is 2.56 bits per heavy atom. The van der Waals surface area contributed by atoms with Crippen LogP contribution in [0.25, 0.3) is 0 Å². The zero-order valence-corrected chi connectivity index (χ0v) is 5.82. The third kappa shape index (κ3) is 3.73. The van der Waals surface area contributed by atoms with E-state index in [-0.39, 0.29) is 5.91 Å². The molecule has 0 heterocycles. The quantitative estimate of drug-likeness (QED) is 0.410. The molecule has 0 radical (unpaired) electrons. The summed E-state index contributed by atoms with van der Waals surface area (Å²) in [6, 6.07) is 0. The van der Waals surface area contributed by atoms with Crippen molar-refractivity contribution >= 4 is 5.91 Å². The number of hydrogen-bond donors (Lipinski definition) is 2. The first-order valence-corrected chi connectivity index (χ1v) is 2.76. The standard InChI is InChI=1S/C6H12N2O/c1-5(2)6(9)8-4-7-3/h7H,1,4H2,2-3H3,(H,8,9). The van der Waals surface area contributed by atoms with Gasteiger partial charge in [0.2, 0.25) is 5.91 Å². The Morgan fingerprint density at radius 2 is 2.22 bits per heavy atom.